The van der Waals surface area contributed by atoms with E-state index in [2.05, 4.69) is 15.9 Å². The third-order valence-electron chi connectivity index (χ3n) is 1.11. The molecule has 0 radical (unpaired) electrons. The number of hydrogen-bond acceptors (Lipinski definition) is 1. The molecule has 0 aromatic heterocycles. The summed E-state index contributed by atoms with van der Waals surface area (Å²) >= 11 is 9.00. The maximum atomic E-state index is 6.95. The van der Waals surface area contributed by atoms with Crippen molar-refractivity contribution >= 4 is 33.7 Å². The van der Waals surface area contributed by atoms with E-state index in [0.29, 0.717) is 5.02 Å². The van der Waals surface area contributed by atoms with Crippen LogP contribution in [0.2, 0.25) is 5.02 Å². The lowest BCUT2D eigenvalue weighted by Gasteiger charge is -1.95. The zero-order valence-corrected chi connectivity index (χ0v) is 7.41. The van der Waals surface area contributed by atoms with Gasteiger partial charge in [-0.2, -0.15) is 0 Å². The second-order valence-corrected chi connectivity index (χ2v) is 3.13. The van der Waals surface area contributed by atoms with Crippen molar-refractivity contribution in [2.45, 2.75) is 0 Å². The Morgan fingerprint density at radius 2 is 2.20 bits per heavy atom. The molecule has 0 bridgehead atoms. The molecule has 1 aromatic rings. The summed E-state index contributed by atoms with van der Waals surface area (Å²) in [5.41, 5.74) is 0.732. The Kier molecular flexibility index (Phi) is 2.46. The molecule has 10 heavy (non-hydrogen) atoms. The van der Waals surface area contributed by atoms with Crippen LogP contribution < -0.4 is 0 Å². The molecule has 0 saturated heterocycles. The molecular weight excluding hydrogens is 213 g/mol. The molecule has 0 heterocycles. The number of benzene rings is 1. The summed E-state index contributed by atoms with van der Waals surface area (Å²) in [6.07, 6.45) is 1.23. The summed E-state index contributed by atoms with van der Waals surface area (Å²) in [5, 5.41) is 7.56. The van der Waals surface area contributed by atoms with Crippen LogP contribution in [0.25, 0.3) is 0 Å². The number of hydrogen-bond donors (Lipinski definition) is 1. The van der Waals surface area contributed by atoms with Gasteiger partial charge in [-0.25, -0.2) is 0 Å². The summed E-state index contributed by atoms with van der Waals surface area (Å²) < 4.78 is 0.940. The summed E-state index contributed by atoms with van der Waals surface area (Å²) in [7, 11) is 0. The highest BCUT2D eigenvalue weighted by Gasteiger charge is 1.95. The Hall–Kier alpha value is -0.340. The highest BCUT2D eigenvalue weighted by atomic mass is 79.9. The Morgan fingerprint density at radius 3 is 2.70 bits per heavy atom. The van der Waals surface area contributed by atoms with E-state index >= 15 is 0 Å². The van der Waals surface area contributed by atoms with Gasteiger partial charge in [-0.05, 0) is 18.2 Å². The molecule has 1 N–H and O–H groups in total. The van der Waals surface area contributed by atoms with Crippen LogP contribution in [-0.2, 0) is 0 Å². The third kappa shape index (κ3) is 1.58. The first-order valence-electron chi connectivity index (χ1n) is 2.69. The van der Waals surface area contributed by atoms with E-state index in [4.69, 9.17) is 17.0 Å². The minimum Gasteiger partial charge on any atom is -0.308 e. The third-order valence-corrected chi connectivity index (χ3v) is 1.95. The van der Waals surface area contributed by atoms with Crippen LogP contribution in [0.4, 0.5) is 0 Å². The zero-order chi connectivity index (χ0) is 7.56. The van der Waals surface area contributed by atoms with Crippen molar-refractivity contribution in [3.8, 4) is 0 Å². The lowest BCUT2D eigenvalue weighted by Crippen LogP contribution is -1.80. The molecule has 0 aliphatic heterocycles. The van der Waals surface area contributed by atoms with Gasteiger partial charge in [-0.3, -0.25) is 0 Å². The van der Waals surface area contributed by atoms with Crippen molar-refractivity contribution in [2.24, 2.45) is 0 Å². The SMILES string of the molecule is N=Cc1cc(Br)ccc1Cl. The fraction of sp³-hybridized carbons (Fsp3) is 0. The summed E-state index contributed by atoms with van der Waals surface area (Å²) in [5.74, 6) is 0. The highest BCUT2D eigenvalue weighted by Crippen LogP contribution is 2.18. The fourth-order valence-corrected chi connectivity index (χ4v) is 1.18. The van der Waals surface area contributed by atoms with Gasteiger partial charge in [0.2, 0.25) is 0 Å². The molecule has 0 amide bonds. The van der Waals surface area contributed by atoms with Gasteiger partial charge in [0, 0.05) is 21.3 Å². The fourth-order valence-electron chi connectivity index (χ4n) is 0.625. The molecule has 1 rings (SSSR count). The Labute approximate surface area is 72.7 Å². The lowest BCUT2D eigenvalue weighted by atomic mass is 10.2. The van der Waals surface area contributed by atoms with E-state index < -0.39 is 0 Å². The molecule has 0 aliphatic carbocycles. The maximum Gasteiger partial charge on any atom is 0.0494 e. The Balaban J connectivity index is 3.21. The number of rotatable bonds is 1. The van der Waals surface area contributed by atoms with Crippen LogP contribution in [0.1, 0.15) is 5.56 Å². The maximum absolute atomic E-state index is 6.95. The van der Waals surface area contributed by atoms with Gasteiger partial charge in [0.1, 0.15) is 0 Å². The van der Waals surface area contributed by atoms with E-state index in [1.807, 2.05) is 6.07 Å². The number of nitrogens with one attached hydrogen (secondary N) is 1. The minimum atomic E-state index is 0.609. The first-order valence-corrected chi connectivity index (χ1v) is 3.86. The van der Waals surface area contributed by atoms with Crippen LogP contribution in [0, 0.1) is 5.41 Å². The van der Waals surface area contributed by atoms with Crippen LogP contribution in [0.15, 0.2) is 22.7 Å². The van der Waals surface area contributed by atoms with Crippen molar-refractivity contribution in [3.63, 3.8) is 0 Å². The Morgan fingerprint density at radius 1 is 1.50 bits per heavy atom. The average Bonchev–Trinajstić information content (AvgIpc) is 1.94. The van der Waals surface area contributed by atoms with E-state index in [9.17, 15) is 0 Å². The van der Waals surface area contributed by atoms with E-state index in [0.717, 1.165) is 10.0 Å². The van der Waals surface area contributed by atoms with Crippen LogP contribution in [0.3, 0.4) is 0 Å². The summed E-state index contributed by atoms with van der Waals surface area (Å²) in [4.78, 5) is 0. The second-order valence-electron chi connectivity index (χ2n) is 1.81. The zero-order valence-electron chi connectivity index (χ0n) is 5.07. The molecule has 1 nitrogen and oxygen atoms in total. The van der Waals surface area contributed by atoms with E-state index in [-0.39, 0.29) is 0 Å². The van der Waals surface area contributed by atoms with Crippen LogP contribution in [-0.4, -0.2) is 6.21 Å². The van der Waals surface area contributed by atoms with Crippen LogP contribution >= 0.6 is 27.5 Å². The van der Waals surface area contributed by atoms with Crippen molar-refractivity contribution in [1.82, 2.24) is 0 Å². The van der Waals surface area contributed by atoms with Crippen molar-refractivity contribution in [1.29, 1.82) is 5.41 Å². The summed E-state index contributed by atoms with van der Waals surface area (Å²) in [6.45, 7) is 0. The van der Waals surface area contributed by atoms with Crippen molar-refractivity contribution in [2.75, 3.05) is 0 Å². The van der Waals surface area contributed by atoms with Crippen molar-refractivity contribution in [3.05, 3.63) is 33.3 Å². The topological polar surface area (TPSA) is 23.9 Å². The van der Waals surface area contributed by atoms with Gasteiger partial charge in [0.05, 0.1) is 0 Å². The number of halogens is 2. The van der Waals surface area contributed by atoms with Crippen molar-refractivity contribution < 1.29 is 0 Å². The smallest absolute Gasteiger partial charge is 0.0494 e. The normalized spacial score (nSPS) is 9.40. The molecular formula is C7H5BrClN. The molecule has 52 valence electrons. The predicted molar refractivity (Wildman–Crippen MR) is 47.0 cm³/mol. The van der Waals surface area contributed by atoms with Gasteiger partial charge >= 0.3 is 0 Å². The first-order chi connectivity index (χ1) is 4.74. The lowest BCUT2D eigenvalue weighted by molar-refractivity contribution is 1.53. The molecule has 0 spiro atoms. The average molecular weight is 218 g/mol. The molecule has 0 unspecified atom stereocenters. The molecule has 3 heteroatoms. The predicted octanol–water partition coefficient (Wildman–Crippen LogP) is 3.10. The molecule has 0 atom stereocenters. The summed E-state index contributed by atoms with van der Waals surface area (Å²) in [6, 6.07) is 5.40. The standard InChI is InChI=1S/C7H5BrClN/c8-6-1-2-7(9)5(3-6)4-10/h1-4,10H. The van der Waals surface area contributed by atoms with Gasteiger partial charge in [-0.15, -0.1) is 0 Å². The van der Waals surface area contributed by atoms with Gasteiger partial charge in [0.15, 0.2) is 0 Å². The van der Waals surface area contributed by atoms with E-state index in [1.54, 1.807) is 12.1 Å². The second kappa shape index (κ2) is 3.17. The van der Waals surface area contributed by atoms with E-state index in [1.165, 1.54) is 6.21 Å². The van der Waals surface area contributed by atoms with Gasteiger partial charge in [-0.1, -0.05) is 27.5 Å². The highest BCUT2D eigenvalue weighted by molar-refractivity contribution is 9.10. The largest absolute Gasteiger partial charge is 0.308 e. The minimum absolute atomic E-state index is 0.609. The van der Waals surface area contributed by atoms with Gasteiger partial charge in [0.25, 0.3) is 0 Å². The monoisotopic (exact) mass is 217 g/mol. The first kappa shape index (κ1) is 7.76. The van der Waals surface area contributed by atoms with Crippen LogP contribution in [0.5, 0.6) is 0 Å². The molecule has 1 aromatic carbocycles. The molecule has 0 fully saturated rings. The van der Waals surface area contributed by atoms with Gasteiger partial charge < -0.3 is 5.41 Å². The quantitative estimate of drug-likeness (QED) is 0.701. The molecule has 0 aliphatic rings. The Bertz CT molecular complexity index is 260. The molecule has 0 saturated carbocycles.